The number of thioether (sulfide) groups is 1. The number of nitrogens with two attached hydrogens (primary N) is 1. The van der Waals surface area contributed by atoms with Crippen LogP contribution in [0.2, 0.25) is 5.02 Å². The molecule has 118 valence electrons. The smallest absolute Gasteiger partial charge is 0.389 e. The Bertz CT molecular complexity index is 635. The van der Waals surface area contributed by atoms with Gasteiger partial charge in [0, 0.05) is 17.9 Å². The zero-order chi connectivity index (χ0) is 16.3. The molecule has 3 N–H and O–H groups in total. The highest BCUT2D eigenvalue weighted by Crippen LogP contribution is 2.29. The SMILES string of the molecule is NC(=S)c1ccc(S(=O)(=O)NCCSC(F)(F)F)cc1Cl. The van der Waals surface area contributed by atoms with E-state index in [1.54, 1.807) is 0 Å². The summed E-state index contributed by atoms with van der Waals surface area (Å²) in [6, 6.07) is 3.69. The molecule has 0 heterocycles. The van der Waals surface area contributed by atoms with Crippen molar-refractivity contribution in [2.24, 2.45) is 5.73 Å². The maximum atomic E-state index is 11.9. The Kier molecular flexibility index (Phi) is 6.29. The number of halogens is 4. The van der Waals surface area contributed by atoms with Crippen LogP contribution in [0.4, 0.5) is 13.2 Å². The second kappa shape index (κ2) is 7.14. The third-order valence-electron chi connectivity index (χ3n) is 2.18. The molecule has 0 unspecified atom stereocenters. The fourth-order valence-electron chi connectivity index (χ4n) is 1.29. The van der Waals surface area contributed by atoms with E-state index in [0.29, 0.717) is 5.56 Å². The summed E-state index contributed by atoms with van der Waals surface area (Å²) in [5.74, 6) is -0.429. The van der Waals surface area contributed by atoms with Gasteiger partial charge in [0.05, 0.1) is 9.92 Å². The molecule has 11 heteroatoms. The zero-order valence-corrected chi connectivity index (χ0v) is 13.5. The molecule has 1 rings (SSSR count). The minimum absolute atomic E-state index is 0.0125. The Balaban J connectivity index is 2.75. The Morgan fingerprint density at radius 3 is 2.52 bits per heavy atom. The molecule has 0 aromatic heterocycles. The summed E-state index contributed by atoms with van der Waals surface area (Å²) >= 11 is 10.3. The van der Waals surface area contributed by atoms with Gasteiger partial charge in [0.15, 0.2) is 0 Å². The highest BCUT2D eigenvalue weighted by atomic mass is 35.5. The van der Waals surface area contributed by atoms with E-state index in [9.17, 15) is 21.6 Å². The molecule has 0 amide bonds. The molecule has 0 spiro atoms. The molecule has 0 radical (unpaired) electrons. The maximum absolute atomic E-state index is 11.9. The molecular weight excluding hydrogens is 369 g/mol. The number of alkyl halides is 3. The Hall–Kier alpha value is -0.550. The fourth-order valence-corrected chi connectivity index (χ4v) is 3.49. The van der Waals surface area contributed by atoms with Gasteiger partial charge < -0.3 is 5.73 Å². The van der Waals surface area contributed by atoms with Crippen molar-refractivity contribution in [2.45, 2.75) is 10.4 Å². The van der Waals surface area contributed by atoms with Crippen LogP contribution < -0.4 is 10.5 Å². The number of benzene rings is 1. The lowest BCUT2D eigenvalue weighted by molar-refractivity contribution is -0.0327. The van der Waals surface area contributed by atoms with Crippen LogP contribution in [0.3, 0.4) is 0 Å². The Morgan fingerprint density at radius 1 is 1.43 bits per heavy atom. The van der Waals surface area contributed by atoms with Crippen LogP contribution in [0.5, 0.6) is 0 Å². The van der Waals surface area contributed by atoms with Gasteiger partial charge in [-0.2, -0.15) is 13.2 Å². The lowest BCUT2D eigenvalue weighted by Gasteiger charge is -2.09. The van der Waals surface area contributed by atoms with Crippen LogP contribution in [0.25, 0.3) is 0 Å². The van der Waals surface area contributed by atoms with Crippen molar-refractivity contribution in [3.05, 3.63) is 28.8 Å². The minimum atomic E-state index is -4.40. The normalized spacial score (nSPS) is 12.4. The van der Waals surface area contributed by atoms with Crippen LogP contribution in [0.15, 0.2) is 23.1 Å². The molecule has 0 aliphatic heterocycles. The van der Waals surface area contributed by atoms with Crippen molar-refractivity contribution in [3.8, 4) is 0 Å². The first-order chi connectivity index (χ1) is 9.53. The van der Waals surface area contributed by atoms with Crippen molar-refractivity contribution in [2.75, 3.05) is 12.3 Å². The van der Waals surface area contributed by atoms with Gasteiger partial charge in [0.1, 0.15) is 4.99 Å². The Morgan fingerprint density at radius 2 is 2.05 bits per heavy atom. The third-order valence-corrected chi connectivity index (χ3v) is 4.90. The highest BCUT2D eigenvalue weighted by molar-refractivity contribution is 8.00. The molecule has 0 aliphatic rings. The van der Waals surface area contributed by atoms with E-state index in [2.05, 4.69) is 4.72 Å². The van der Waals surface area contributed by atoms with E-state index < -0.39 is 21.3 Å². The lowest BCUT2D eigenvalue weighted by atomic mass is 10.2. The van der Waals surface area contributed by atoms with Crippen molar-refractivity contribution in [1.29, 1.82) is 0 Å². The average molecular weight is 379 g/mol. The van der Waals surface area contributed by atoms with Crippen LogP contribution in [0, 0.1) is 0 Å². The van der Waals surface area contributed by atoms with E-state index in [0.717, 1.165) is 6.07 Å². The third kappa shape index (κ3) is 5.99. The average Bonchev–Trinajstić information content (AvgIpc) is 2.33. The summed E-state index contributed by atoms with van der Waals surface area (Å²) in [6.07, 6.45) is 0. The largest absolute Gasteiger partial charge is 0.441 e. The van der Waals surface area contributed by atoms with Crippen molar-refractivity contribution < 1.29 is 21.6 Å². The highest BCUT2D eigenvalue weighted by Gasteiger charge is 2.27. The summed E-state index contributed by atoms with van der Waals surface area (Å²) in [4.78, 5) is -0.164. The topological polar surface area (TPSA) is 72.2 Å². The number of rotatable bonds is 6. The van der Waals surface area contributed by atoms with Crippen LogP contribution in [0.1, 0.15) is 5.56 Å². The van der Waals surface area contributed by atoms with Crippen LogP contribution >= 0.6 is 35.6 Å². The van der Waals surface area contributed by atoms with Gasteiger partial charge in [-0.1, -0.05) is 23.8 Å². The van der Waals surface area contributed by atoms with E-state index >= 15 is 0 Å². The molecule has 1 aromatic rings. The molecular formula is C10H10ClF3N2O2S3. The number of nitrogens with one attached hydrogen (secondary N) is 1. The zero-order valence-electron chi connectivity index (χ0n) is 10.3. The first-order valence-corrected chi connectivity index (χ1v) is 8.58. The molecule has 4 nitrogen and oxygen atoms in total. The molecule has 0 saturated carbocycles. The van der Waals surface area contributed by atoms with Crippen LogP contribution in [-0.2, 0) is 10.0 Å². The molecule has 0 fully saturated rings. The first-order valence-electron chi connectivity index (χ1n) is 5.32. The van der Waals surface area contributed by atoms with Gasteiger partial charge >= 0.3 is 5.51 Å². The molecule has 0 aliphatic carbocycles. The summed E-state index contributed by atoms with van der Waals surface area (Å²) in [7, 11) is -3.94. The molecule has 21 heavy (non-hydrogen) atoms. The second-order valence-corrected chi connectivity index (χ2v) is 7.47. The van der Waals surface area contributed by atoms with Gasteiger partial charge in [0.25, 0.3) is 0 Å². The van der Waals surface area contributed by atoms with E-state index in [-0.39, 0.29) is 33.2 Å². The van der Waals surface area contributed by atoms with Gasteiger partial charge in [0.2, 0.25) is 10.0 Å². The van der Waals surface area contributed by atoms with E-state index in [4.69, 9.17) is 29.6 Å². The Labute approximate surface area is 134 Å². The number of hydrogen-bond donors (Lipinski definition) is 2. The predicted molar refractivity (Wildman–Crippen MR) is 81.0 cm³/mol. The quantitative estimate of drug-likeness (QED) is 0.588. The van der Waals surface area contributed by atoms with E-state index in [1.165, 1.54) is 12.1 Å². The summed E-state index contributed by atoms with van der Waals surface area (Å²) in [6.45, 7) is -0.360. The molecule has 0 atom stereocenters. The number of hydrogen-bond acceptors (Lipinski definition) is 4. The van der Waals surface area contributed by atoms with E-state index in [1.807, 2.05) is 0 Å². The summed E-state index contributed by atoms with van der Waals surface area (Å²) < 4.78 is 61.5. The van der Waals surface area contributed by atoms with Crippen molar-refractivity contribution in [1.82, 2.24) is 4.72 Å². The maximum Gasteiger partial charge on any atom is 0.441 e. The molecule has 0 saturated heterocycles. The summed E-state index contributed by atoms with van der Waals surface area (Å²) in [5.41, 5.74) is 1.31. The second-order valence-electron chi connectivity index (χ2n) is 3.70. The monoisotopic (exact) mass is 378 g/mol. The molecule has 0 bridgehead atoms. The van der Waals surface area contributed by atoms with Gasteiger partial charge in [-0.05, 0) is 30.0 Å². The first kappa shape index (κ1) is 18.5. The number of thiocarbonyl (C=S) groups is 1. The lowest BCUT2D eigenvalue weighted by Crippen LogP contribution is -2.27. The fraction of sp³-hybridized carbons (Fsp3) is 0.300. The van der Waals surface area contributed by atoms with Gasteiger partial charge in [-0.15, -0.1) is 0 Å². The van der Waals surface area contributed by atoms with Gasteiger partial charge in [-0.25, -0.2) is 13.1 Å². The standard InChI is InChI=1S/C10H10ClF3N2O2S3/c11-8-5-6(1-2-7(8)9(15)19)21(17,18)16-3-4-20-10(12,13)14/h1-2,5,16H,3-4H2,(H2,15,19). The van der Waals surface area contributed by atoms with Crippen molar-refractivity contribution >= 4 is 50.6 Å². The van der Waals surface area contributed by atoms with Gasteiger partial charge in [-0.3, -0.25) is 0 Å². The predicted octanol–water partition coefficient (Wildman–Crippen LogP) is 2.51. The molecule has 1 aromatic carbocycles. The number of sulfonamides is 1. The van der Waals surface area contributed by atoms with Crippen LogP contribution in [-0.4, -0.2) is 31.2 Å². The van der Waals surface area contributed by atoms with Crippen molar-refractivity contribution in [3.63, 3.8) is 0 Å². The summed E-state index contributed by atoms with van der Waals surface area (Å²) in [5, 5.41) is 0.0510. The minimum Gasteiger partial charge on any atom is -0.389 e.